The summed E-state index contributed by atoms with van der Waals surface area (Å²) in [5.74, 6) is -2.38. The monoisotopic (exact) mass is 1020 g/mol. The molecule has 1 amide bonds. The maximum absolute atomic E-state index is 16.2. The molecule has 11 rings (SSSR count). The number of aliphatic hydroxyl groups excluding tert-OH is 1. The number of aliphatic hydroxyl groups is 1. The number of amides is 1. The van der Waals surface area contributed by atoms with Crippen molar-refractivity contribution in [3.8, 4) is 22.9 Å². The Kier molecular flexibility index (Phi) is 12.3. The number of hydrogen-bond acceptors (Lipinski definition) is 12. The second-order valence-electron chi connectivity index (χ2n) is 20.4. The molecule has 0 radical (unpaired) electrons. The fourth-order valence-corrected chi connectivity index (χ4v) is 11.5. The summed E-state index contributed by atoms with van der Waals surface area (Å²) in [4.78, 5) is 45.9. The highest BCUT2D eigenvalue weighted by atomic mass is 19.1. The van der Waals surface area contributed by atoms with E-state index in [0.717, 1.165) is 29.3 Å². The summed E-state index contributed by atoms with van der Waals surface area (Å²) in [6.45, 7) is 11.3. The van der Waals surface area contributed by atoms with Gasteiger partial charge in [0.2, 0.25) is 0 Å². The van der Waals surface area contributed by atoms with E-state index in [1.807, 2.05) is 30.5 Å². The molecule has 0 spiro atoms. The molecule has 5 aromatic heterocycles. The predicted molar refractivity (Wildman–Crippen MR) is 267 cm³/mol. The van der Waals surface area contributed by atoms with Crippen LogP contribution in [0.25, 0.3) is 39.0 Å². The van der Waals surface area contributed by atoms with Crippen LogP contribution in [-0.4, -0.2) is 116 Å². The van der Waals surface area contributed by atoms with Crippen molar-refractivity contribution in [2.75, 3.05) is 46.2 Å². The van der Waals surface area contributed by atoms with Crippen molar-refractivity contribution in [1.82, 2.24) is 47.9 Å². The number of benzene rings is 3. The summed E-state index contributed by atoms with van der Waals surface area (Å²) in [6, 6.07) is 13.4. The third-order valence-electron chi connectivity index (χ3n) is 15.3. The molecule has 0 bridgehead atoms. The number of nitrogens with zero attached hydrogens (tertiary/aromatic N) is 10. The van der Waals surface area contributed by atoms with Crippen molar-refractivity contribution >= 4 is 27.7 Å². The minimum atomic E-state index is -0.988. The first-order valence-electron chi connectivity index (χ1n) is 25.0. The molecule has 388 valence electrons. The van der Waals surface area contributed by atoms with Crippen LogP contribution in [0.2, 0.25) is 0 Å². The third kappa shape index (κ3) is 8.07. The molecule has 4 atom stereocenters. The van der Waals surface area contributed by atoms with Crippen LogP contribution in [0.5, 0.6) is 5.75 Å². The zero-order chi connectivity index (χ0) is 52.0. The fraction of sp³-hybridized carbons (Fsp3) is 0.434. The lowest BCUT2D eigenvalue weighted by Gasteiger charge is -2.35. The number of carbonyl (C=O) groups excluding carboxylic acids is 1. The number of phenolic OH excluding ortho intramolecular Hbond substituents is 1. The average Bonchev–Trinajstić information content (AvgIpc) is 3.98. The predicted octanol–water partition coefficient (Wildman–Crippen LogP) is 6.34. The van der Waals surface area contributed by atoms with Gasteiger partial charge in [0.15, 0.2) is 23.2 Å². The maximum atomic E-state index is 16.2. The third-order valence-corrected chi connectivity index (χ3v) is 15.3. The number of aryl methyl sites for hydroxylation is 2. The molecule has 7 heterocycles. The lowest BCUT2D eigenvalue weighted by molar-refractivity contribution is -0.0592. The van der Waals surface area contributed by atoms with Gasteiger partial charge in [0, 0.05) is 61.5 Å². The molecule has 2 aliphatic heterocycles. The molecule has 19 nitrogen and oxygen atoms in total. The lowest BCUT2D eigenvalue weighted by Crippen LogP contribution is -2.41. The van der Waals surface area contributed by atoms with Gasteiger partial charge >= 0.3 is 11.4 Å². The SMILES string of the molecule is Cc1cc(-n2nc3c(c2-n2ccn(-c4ccc5c(cnn5C)c4F)c2=O)[C@H](C)N(C(=O)c2cc4cc([C@H]5CCOC(C)(C)C5)ccc4n2[C@@]2(c4noc(=O)n4CCOCCOCCO)C[C@@H]2C)CC3)cc(O)c1F. The molecule has 3 aliphatic rings. The molecule has 1 saturated heterocycles. The molecule has 1 aliphatic carbocycles. The van der Waals surface area contributed by atoms with Gasteiger partial charge in [0.25, 0.3) is 5.91 Å². The molecule has 21 heteroatoms. The van der Waals surface area contributed by atoms with Gasteiger partial charge in [-0.15, -0.1) is 0 Å². The Morgan fingerprint density at radius 2 is 1.70 bits per heavy atom. The van der Waals surface area contributed by atoms with E-state index in [1.165, 1.54) is 66.8 Å². The smallest absolute Gasteiger partial charge is 0.441 e. The number of aromatic nitrogens is 9. The van der Waals surface area contributed by atoms with E-state index >= 15 is 9.18 Å². The molecular weight excluding hydrogens is 959 g/mol. The average molecular weight is 1020 g/mol. The highest BCUT2D eigenvalue weighted by molar-refractivity contribution is 6.00. The molecule has 2 N–H and O–H groups in total. The van der Waals surface area contributed by atoms with Gasteiger partial charge in [-0.1, -0.05) is 18.1 Å². The summed E-state index contributed by atoms with van der Waals surface area (Å²) in [6.07, 6.45) is 6.77. The Hall–Kier alpha value is -7.20. The van der Waals surface area contributed by atoms with Crippen molar-refractivity contribution in [3.05, 3.63) is 134 Å². The Bertz CT molecular complexity index is 3590. The van der Waals surface area contributed by atoms with E-state index in [9.17, 15) is 19.1 Å². The van der Waals surface area contributed by atoms with E-state index < -0.39 is 40.4 Å². The van der Waals surface area contributed by atoms with Crippen molar-refractivity contribution in [3.63, 3.8) is 0 Å². The van der Waals surface area contributed by atoms with E-state index in [2.05, 4.69) is 36.2 Å². The quantitative estimate of drug-likeness (QED) is 0.108. The molecular formula is C53H58F2N10O9. The molecule has 1 saturated carbocycles. The molecule has 2 fully saturated rings. The van der Waals surface area contributed by atoms with Crippen LogP contribution < -0.4 is 11.4 Å². The van der Waals surface area contributed by atoms with Gasteiger partial charge < -0.3 is 33.9 Å². The van der Waals surface area contributed by atoms with Crippen LogP contribution >= 0.6 is 0 Å². The van der Waals surface area contributed by atoms with Gasteiger partial charge in [0.1, 0.15) is 17.1 Å². The van der Waals surface area contributed by atoms with Crippen LogP contribution in [0.3, 0.4) is 0 Å². The molecule has 0 unspecified atom stereocenters. The van der Waals surface area contributed by atoms with Crippen LogP contribution in [0.1, 0.15) is 97.6 Å². The van der Waals surface area contributed by atoms with Crippen LogP contribution in [0.4, 0.5) is 8.78 Å². The first-order chi connectivity index (χ1) is 35.5. The molecule has 8 aromatic rings. The highest BCUT2D eigenvalue weighted by Gasteiger charge is 2.60. The van der Waals surface area contributed by atoms with E-state index in [4.69, 9.17) is 28.9 Å². The minimum absolute atomic E-state index is 0.0111. The van der Waals surface area contributed by atoms with Gasteiger partial charge in [-0.25, -0.2) is 23.1 Å². The first-order valence-corrected chi connectivity index (χ1v) is 25.0. The van der Waals surface area contributed by atoms with Crippen molar-refractivity contribution in [2.24, 2.45) is 13.0 Å². The Balaban J connectivity index is 1.03. The van der Waals surface area contributed by atoms with Crippen LogP contribution in [0, 0.1) is 24.5 Å². The zero-order valence-electron chi connectivity index (χ0n) is 42.0. The Labute approximate surface area is 422 Å². The fourth-order valence-electron chi connectivity index (χ4n) is 11.5. The summed E-state index contributed by atoms with van der Waals surface area (Å²) < 4.78 is 62.8. The number of hydrogen-bond donors (Lipinski definition) is 2. The largest absolute Gasteiger partial charge is 0.505 e. The summed E-state index contributed by atoms with van der Waals surface area (Å²) in [5, 5.41) is 34.5. The second-order valence-corrected chi connectivity index (χ2v) is 20.4. The topological polar surface area (TPSA) is 204 Å². The normalized spacial score (nSPS) is 20.5. The minimum Gasteiger partial charge on any atom is -0.505 e. The number of imidazole rings is 1. The van der Waals surface area contributed by atoms with E-state index in [1.54, 1.807) is 18.0 Å². The molecule has 3 aromatic carbocycles. The van der Waals surface area contributed by atoms with Gasteiger partial charge in [-0.2, -0.15) is 10.2 Å². The number of carbonyl (C=O) groups is 1. The second kappa shape index (κ2) is 18.6. The van der Waals surface area contributed by atoms with Crippen molar-refractivity contribution in [2.45, 2.75) is 89.9 Å². The van der Waals surface area contributed by atoms with E-state index in [-0.39, 0.29) is 104 Å². The number of rotatable bonds is 15. The maximum Gasteiger partial charge on any atom is 0.441 e. The number of ether oxygens (including phenoxy) is 3. The van der Waals surface area contributed by atoms with Crippen LogP contribution in [-0.2, 0) is 39.8 Å². The van der Waals surface area contributed by atoms with Gasteiger partial charge in [-0.3, -0.25) is 27.7 Å². The molecule has 74 heavy (non-hydrogen) atoms. The van der Waals surface area contributed by atoms with Crippen molar-refractivity contribution in [1.29, 1.82) is 0 Å². The number of halogens is 2. The lowest BCUT2D eigenvalue weighted by atomic mass is 9.83. The van der Waals surface area contributed by atoms with Gasteiger partial charge in [-0.05, 0) is 106 Å². The number of phenols is 1. The Morgan fingerprint density at radius 3 is 2.45 bits per heavy atom. The highest BCUT2D eigenvalue weighted by Crippen LogP contribution is 2.57. The van der Waals surface area contributed by atoms with E-state index in [0.29, 0.717) is 41.3 Å². The Morgan fingerprint density at radius 1 is 0.946 bits per heavy atom. The zero-order valence-corrected chi connectivity index (χ0v) is 42.0. The summed E-state index contributed by atoms with van der Waals surface area (Å²) in [7, 11) is 1.70. The number of fused-ring (bicyclic) bond motifs is 3. The standard InChI is InChI=1S/C53H58F2N10O9/c1-30-23-36(26-43(67)45(30)54)65-47(62-15-14-61(50(62)69)41-10-9-40-37(46(41)55)29-56-59(40)6)44-32(3)60(13-11-38(44)57-65)48(68)42-25-35-24-33(34-12-18-73-52(4,5)28-34)7-8-39(35)64(42)53(27-31(53)2)49-58-74-51(70)63(49)16-19-71-21-22-72-20-17-66/h7-10,14-15,23-26,29,31-32,34,66-67H,11-13,16-22,27-28H2,1-6H3/t31-,32-,34-,53-/m0/s1. The first kappa shape index (κ1) is 49.0. The van der Waals surface area contributed by atoms with Crippen molar-refractivity contribution < 1.29 is 42.5 Å². The summed E-state index contributed by atoms with van der Waals surface area (Å²) in [5.41, 5.74) is 2.28. The summed E-state index contributed by atoms with van der Waals surface area (Å²) >= 11 is 0. The van der Waals surface area contributed by atoms with Gasteiger partial charge in [0.05, 0.1) is 85.4 Å². The van der Waals surface area contributed by atoms with Crippen LogP contribution in [0.15, 0.2) is 81.2 Å². The number of aromatic hydroxyl groups is 1.